The van der Waals surface area contributed by atoms with Crippen LogP contribution in [-0.4, -0.2) is 16.5 Å². The Kier molecular flexibility index (Phi) is 5.18. The summed E-state index contributed by atoms with van der Waals surface area (Å²) in [6.45, 7) is 8.11. The van der Waals surface area contributed by atoms with E-state index in [-0.39, 0.29) is 5.92 Å². The first-order chi connectivity index (χ1) is 7.79. The lowest BCUT2D eigenvalue weighted by atomic mass is 9.75. The van der Waals surface area contributed by atoms with Crippen LogP contribution < -0.4 is 0 Å². The van der Waals surface area contributed by atoms with Crippen LogP contribution in [0.5, 0.6) is 0 Å². The predicted octanol–water partition coefficient (Wildman–Crippen LogP) is 3.57. The van der Waals surface area contributed by atoms with Gasteiger partial charge in [-0.1, -0.05) is 13.8 Å². The first-order valence-electron chi connectivity index (χ1n) is 7.04. The lowest BCUT2D eigenvalue weighted by molar-refractivity contribution is -0.125. The molecule has 1 fully saturated rings. The zero-order valence-corrected chi connectivity index (χ0v) is 11.8. The zero-order chi connectivity index (χ0) is 13.1. The van der Waals surface area contributed by atoms with Crippen molar-refractivity contribution in [1.82, 2.24) is 0 Å². The third-order valence-corrected chi connectivity index (χ3v) is 4.15. The Labute approximate surface area is 106 Å². The van der Waals surface area contributed by atoms with Crippen LogP contribution in [0, 0.1) is 17.8 Å². The molecule has 0 aromatic carbocycles. The van der Waals surface area contributed by atoms with Gasteiger partial charge in [0.2, 0.25) is 0 Å². The second-order valence-electron chi connectivity index (χ2n) is 6.63. The number of carbonyl (C=O) groups is 1. The Hall–Kier alpha value is -0.370. The van der Waals surface area contributed by atoms with E-state index >= 15 is 0 Å². The van der Waals surface area contributed by atoms with Crippen molar-refractivity contribution >= 4 is 5.78 Å². The number of hydrogen-bond acceptors (Lipinski definition) is 2. The highest BCUT2D eigenvalue weighted by Crippen LogP contribution is 2.34. The van der Waals surface area contributed by atoms with Gasteiger partial charge in [-0.3, -0.25) is 4.79 Å². The molecule has 0 spiro atoms. The molecule has 1 saturated carbocycles. The summed E-state index contributed by atoms with van der Waals surface area (Å²) < 4.78 is 0. The predicted molar refractivity (Wildman–Crippen MR) is 70.8 cm³/mol. The first kappa shape index (κ1) is 14.7. The van der Waals surface area contributed by atoms with Crippen molar-refractivity contribution in [1.29, 1.82) is 0 Å². The number of hydrogen-bond donors (Lipinski definition) is 1. The molecule has 2 heteroatoms. The minimum absolute atomic E-state index is 0.271. The second kappa shape index (κ2) is 5.99. The molecule has 0 saturated heterocycles. The van der Waals surface area contributed by atoms with Crippen LogP contribution in [0.2, 0.25) is 0 Å². The van der Waals surface area contributed by atoms with Crippen LogP contribution in [0.4, 0.5) is 0 Å². The third kappa shape index (κ3) is 5.20. The van der Waals surface area contributed by atoms with Gasteiger partial charge in [-0.2, -0.15) is 0 Å². The molecule has 1 aliphatic rings. The van der Waals surface area contributed by atoms with Gasteiger partial charge >= 0.3 is 0 Å². The maximum Gasteiger partial charge on any atom is 0.136 e. The summed E-state index contributed by atoms with van der Waals surface area (Å²) in [6.07, 6.45) is 5.67. The molecule has 0 radical (unpaired) electrons. The molecule has 0 amide bonds. The standard InChI is InChI=1S/C15H28O2/c1-11(2)12-5-7-13(8-6-12)14(16)9-10-15(3,4)17/h11-13,17H,5-10H2,1-4H3. The van der Waals surface area contributed by atoms with E-state index in [0.717, 1.165) is 24.7 Å². The Balaban J connectivity index is 2.31. The fourth-order valence-corrected chi connectivity index (χ4v) is 2.74. The van der Waals surface area contributed by atoms with E-state index in [2.05, 4.69) is 13.8 Å². The van der Waals surface area contributed by atoms with Gasteiger partial charge in [0.15, 0.2) is 0 Å². The van der Waals surface area contributed by atoms with Crippen LogP contribution in [0.25, 0.3) is 0 Å². The minimum Gasteiger partial charge on any atom is -0.390 e. The molecule has 2 nitrogen and oxygen atoms in total. The minimum atomic E-state index is -0.704. The summed E-state index contributed by atoms with van der Waals surface area (Å²) in [5.74, 6) is 2.21. The van der Waals surface area contributed by atoms with Crippen LogP contribution >= 0.6 is 0 Å². The Bertz CT molecular complexity index is 242. The summed E-state index contributed by atoms with van der Waals surface area (Å²) in [5, 5.41) is 9.63. The lowest BCUT2D eigenvalue weighted by Gasteiger charge is -2.30. The Morgan fingerprint density at radius 3 is 2.18 bits per heavy atom. The summed E-state index contributed by atoms with van der Waals surface area (Å²) in [7, 11) is 0. The van der Waals surface area contributed by atoms with Gasteiger partial charge in [0.05, 0.1) is 5.60 Å². The largest absolute Gasteiger partial charge is 0.390 e. The topological polar surface area (TPSA) is 37.3 Å². The van der Waals surface area contributed by atoms with Gasteiger partial charge in [0, 0.05) is 12.3 Å². The van der Waals surface area contributed by atoms with Gasteiger partial charge < -0.3 is 5.11 Å². The SMILES string of the molecule is CC(C)C1CCC(C(=O)CCC(C)(C)O)CC1. The monoisotopic (exact) mass is 240 g/mol. The maximum absolute atomic E-state index is 12.0. The lowest BCUT2D eigenvalue weighted by Crippen LogP contribution is -2.26. The van der Waals surface area contributed by atoms with E-state index in [0.29, 0.717) is 18.6 Å². The molecule has 0 atom stereocenters. The highest BCUT2D eigenvalue weighted by atomic mass is 16.3. The zero-order valence-electron chi connectivity index (χ0n) is 11.8. The third-order valence-electron chi connectivity index (χ3n) is 4.15. The number of Topliss-reactive ketones (excluding diaryl/α,β-unsaturated/α-hetero) is 1. The molecule has 0 aromatic rings. The smallest absolute Gasteiger partial charge is 0.136 e. The van der Waals surface area contributed by atoms with Crippen LogP contribution in [0.1, 0.15) is 66.2 Å². The molecule has 0 bridgehead atoms. The van der Waals surface area contributed by atoms with Gasteiger partial charge in [-0.25, -0.2) is 0 Å². The van der Waals surface area contributed by atoms with E-state index in [1.54, 1.807) is 13.8 Å². The molecule has 1 rings (SSSR count). The summed E-state index contributed by atoms with van der Waals surface area (Å²) in [5.41, 5.74) is -0.704. The average Bonchev–Trinajstić information content (AvgIpc) is 2.25. The first-order valence-corrected chi connectivity index (χ1v) is 7.04. The quantitative estimate of drug-likeness (QED) is 0.797. The van der Waals surface area contributed by atoms with E-state index in [9.17, 15) is 9.90 Å². The van der Waals surface area contributed by atoms with E-state index in [1.165, 1.54) is 12.8 Å². The van der Waals surface area contributed by atoms with Crippen molar-refractivity contribution < 1.29 is 9.90 Å². The number of carbonyl (C=O) groups excluding carboxylic acids is 1. The summed E-state index contributed by atoms with van der Waals surface area (Å²) in [4.78, 5) is 12.0. The van der Waals surface area contributed by atoms with Gasteiger partial charge in [0.1, 0.15) is 5.78 Å². The van der Waals surface area contributed by atoms with Gasteiger partial charge in [-0.15, -0.1) is 0 Å². The molecule has 1 aliphatic carbocycles. The molecule has 1 N–H and O–H groups in total. The van der Waals surface area contributed by atoms with Crippen molar-refractivity contribution in [2.75, 3.05) is 0 Å². The highest BCUT2D eigenvalue weighted by Gasteiger charge is 2.28. The molecular weight excluding hydrogens is 212 g/mol. The van der Waals surface area contributed by atoms with E-state index in [1.807, 2.05) is 0 Å². The van der Waals surface area contributed by atoms with Gasteiger partial charge in [-0.05, 0) is 57.8 Å². The highest BCUT2D eigenvalue weighted by molar-refractivity contribution is 5.81. The van der Waals surface area contributed by atoms with Crippen molar-refractivity contribution in [3.8, 4) is 0 Å². The normalized spacial score (nSPS) is 26.2. The van der Waals surface area contributed by atoms with Crippen molar-refractivity contribution in [2.45, 2.75) is 71.8 Å². The number of rotatable bonds is 5. The molecule has 0 aromatic heterocycles. The Morgan fingerprint density at radius 1 is 1.24 bits per heavy atom. The molecule has 0 unspecified atom stereocenters. The van der Waals surface area contributed by atoms with Crippen LogP contribution in [0.15, 0.2) is 0 Å². The molecule has 0 heterocycles. The average molecular weight is 240 g/mol. The number of aliphatic hydroxyl groups is 1. The van der Waals surface area contributed by atoms with Crippen LogP contribution in [-0.2, 0) is 4.79 Å². The molecule has 0 aliphatic heterocycles. The number of ketones is 1. The van der Waals surface area contributed by atoms with Gasteiger partial charge in [0.25, 0.3) is 0 Å². The molecular formula is C15H28O2. The Morgan fingerprint density at radius 2 is 1.76 bits per heavy atom. The summed E-state index contributed by atoms with van der Waals surface area (Å²) >= 11 is 0. The van der Waals surface area contributed by atoms with Crippen LogP contribution in [0.3, 0.4) is 0 Å². The second-order valence-corrected chi connectivity index (χ2v) is 6.63. The molecule has 100 valence electrons. The fraction of sp³-hybridized carbons (Fsp3) is 0.933. The van der Waals surface area contributed by atoms with E-state index < -0.39 is 5.60 Å². The fourth-order valence-electron chi connectivity index (χ4n) is 2.74. The molecule has 17 heavy (non-hydrogen) atoms. The van der Waals surface area contributed by atoms with Crippen molar-refractivity contribution in [3.63, 3.8) is 0 Å². The van der Waals surface area contributed by atoms with Crippen molar-refractivity contribution in [3.05, 3.63) is 0 Å². The van der Waals surface area contributed by atoms with E-state index in [4.69, 9.17) is 0 Å². The maximum atomic E-state index is 12.0. The van der Waals surface area contributed by atoms with Crippen molar-refractivity contribution in [2.24, 2.45) is 17.8 Å². The summed E-state index contributed by atoms with van der Waals surface area (Å²) in [6, 6.07) is 0.